The van der Waals surface area contributed by atoms with Crippen molar-refractivity contribution >= 4 is 45.9 Å². The normalized spacial score (nSPS) is 18.2. The van der Waals surface area contributed by atoms with Crippen LogP contribution in [0.3, 0.4) is 0 Å². The minimum Gasteiger partial charge on any atom is -0.377 e. The van der Waals surface area contributed by atoms with E-state index in [0.717, 1.165) is 53.8 Å². The maximum Gasteiger partial charge on any atom is 0.320 e. The molecule has 0 bridgehead atoms. The first kappa shape index (κ1) is 25.6. The molecule has 4 heterocycles. The van der Waals surface area contributed by atoms with Crippen molar-refractivity contribution in [3.8, 4) is 11.4 Å². The summed E-state index contributed by atoms with van der Waals surface area (Å²) < 4.78 is 5.75. The lowest BCUT2D eigenvalue weighted by molar-refractivity contribution is 0.0984. The molecule has 2 aliphatic rings. The standard InChI is InChI=1S/C26H31IN8O2/c1-16-15-37-13-12-35(16)25-21-14-34(23-8-10-28-18(3)30-23)11-9-22(21)32-24(33-25)19-4-6-20(7-5-19)31-26(36)29-17(2)27/h4-8,10,16-17H,9,11-15H2,1-3H3,(H2,29,31,36). The second-order valence-corrected chi connectivity index (χ2v) is 11.2. The number of nitrogens with one attached hydrogen (secondary N) is 2. The van der Waals surface area contributed by atoms with E-state index in [0.29, 0.717) is 31.3 Å². The van der Waals surface area contributed by atoms with Gasteiger partial charge in [0, 0.05) is 49.1 Å². The zero-order valence-electron chi connectivity index (χ0n) is 21.2. The number of morpholine rings is 1. The number of carbonyl (C=O) groups is 1. The van der Waals surface area contributed by atoms with E-state index in [9.17, 15) is 4.79 Å². The van der Waals surface area contributed by atoms with Gasteiger partial charge in [0.2, 0.25) is 0 Å². The number of alkyl halides is 1. The number of fused-ring (bicyclic) bond motifs is 1. The van der Waals surface area contributed by atoms with Crippen LogP contribution in [0, 0.1) is 6.92 Å². The monoisotopic (exact) mass is 614 g/mol. The van der Waals surface area contributed by atoms with Crippen LogP contribution in [0.2, 0.25) is 0 Å². The van der Waals surface area contributed by atoms with Crippen molar-refractivity contribution in [1.82, 2.24) is 25.3 Å². The minimum absolute atomic E-state index is 0.0380. The number of amides is 2. The van der Waals surface area contributed by atoms with Gasteiger partial charge in [-0.1, -0.05) is 22.6 Å². The molecule has 2 atom stereocenters. The molecule has 0 radical (unpaired) electrons. The van der Waals surface area contributed by atoms with Gasteiger partial charge in [-0.15, -0.1) is 0 Å². The van der Waals surface area contributed by atoms with Crippen LogP contribution in [0.25, 0.3) is 11.4 Å². The van der Waals surface area contributed by atoms with Crippen LogP contribution in [-0.2, 0) is 17.7 Å². The molecule has 2 aromatic heterocycles. The molecule has 1 fully saturated rings. The third-order valence-electron chi connectivity index (χ3n) is 6.49. The Balaban J connectivity index is 1.47. The third kappa shape index (κ3) is 5.93. The number of benzene rings is 1. The van der Waals surface area contributed by atoms with Gasteiger partial charge >= 0.3 is 6.03 Å². The number of aromatic nitrogens is 4. The summed E-state index contributed by atoms with van der Waals surface area (Å²) in [5, 5.41) is 5.68. The molecule has 2 aliphatic heterocycles. The molecule has 0 saturated carbocycles. The number of hydrogen-bond acceptors (Lipinski definition) is 8. The van der Waals surface area contributed by atoms with Gasteiger partial charge in [0.1, 0.15) is 17.5 Å². The summed E-state index contributed by atoms with van der Waals surface area (Å²) in [5.74, 6) is 3.34. The second kappa shape index (κ2) is 11.1. The summed E-state index contributed by atoms with van der Waals surface area (Å²) in [7, 11) is 0. The van der Waals surface area contributed by atoms with Crippen LogP contribution in [0.5, 0.6) is 0 Å². The fourth-order valence-corrected chi connectivity index (χ4v) is 4.95. The SMILES string of the molecule is Cc1nccc(N2CCc3nc(-c4ccc(NC(=O)NC(C)I)cc4)nc(N4CCOCC4C)c3C2)n1. The Hall–Kier alpha value is -3.06. The van der Waals surface area contributed by atoms with Gasteiger partial charge in [-0.3, -0.25) is 0 Å². The number of carbonyl (C=O) groups excluding carboxylic acids is 1. The molecule has 37 heavy (non-hydrogen) atoms. The highest BCUT2D eigenvalue weighted by atomic mass is 127. The second-order valence-electron chi connectivity index (χ2n) is 9.34. The molecule has 0 aliphatic carbocycles. The number of aryl methyl sites for hydroxylation is 1. The number of rotatable bonds is 5. The van der Waals surface area contributed by atoms with E-state index in [-0.39, 0.29) is 16.1 Å². The molecule has 2 unspecified atom stereocenters. The summed E-state index contributed by atoms with van der Waals surface area (Å²) in [4.78, 5) is 35.7. The number of ether oxygens (including phenoxy) is 1. The largest absolute Gasteiger partial charge is 0.377 e. The maximum absolute atomic E-state index is 12.1. The Morgan fingerprint density at radius 2 is 1.97 bits per heavy atom. The average Bonchev–Trinajstić information content (AvgIpc) is 2.88. The molecule has 1 aromatic carbocycles. The highest BCUT2D eigenvalue weighted by Crippen LogP contribution is 2.33. The number of nitrogens with zero attached hydrogens (tertiary/aromatic N) is 6. The first-order chi connectivity index (χ1) is 17.9. The van der Waals surface area contributed by atoms with Gasteiger partial charge in [-0.05, 0) is 51.1 Å². The molecule has 0 spiro atoms. The molecular formula is C26H31IN8O2. The molecule has 2 N–H and O–H groups in total. The molecule has 11 heteroatoms. The molecule has 10 nitrogen and oxygen atoms in total. The van der Waals surface area contributed by atoms with Gasteiger partial charge in [0.05, 0.1) is 29.0 Å². The van der Waals surface area contributed by atoms with Crippen molar-refractivity contribution in [3.05, 3.63) is 53.6 Å². The summed E-state index contributed by atoms with van der Waals surface area (Å²) >= 11 is 2.15. The fraction of sp³-hybridized carbons (Fsp3) is 0.423. The topological polar surface area (TPSA) is 108 Å². The van der Waals surface area contributed by atoms with Crippen LogP contribution < -0.4 is 20.4 Å². The smallest absolute Gasteiger partial charge is 0.320 e. The lowest BCUT2D eigenvalue weighted by Gasteiger charge is -2.38. The zero-order chi connectivity index (χ0) is 25.9. The first-order valence-electron chi connectivity index (χ1n) is 12.5. The van der Waals surface area contributed by atoms with Gasteiger partial charge in [0.25, 0.3) is 0 Å². The van der Waals surface area contributed by atoms with Crippen molar-refractivity contribution in [2.75, 3.05) is 41.4 Å². The number of halogens is 1. The summed E-state index contributed by atoms with van der Waals surface area (Å²) in [6.07, 6.45) is 2.61. The van der Waals surface area contributed by atoms with Crippen LogP contribution in [0.15, 0.2) is 36.5 Å². The summed E-state index contributed by atoms with van der Waals surface area (Å²) in [5.41, 5.74) is 3.84. The number of urea groups is 1. The van der Waals surface area contributed by atoms with Crippen molar-refractivity contribution in [3.63, 3.8) is 0 Å². The van der Waals surface area contributed by atoms with Gasteiger partial charge in [-0.25, -0.2) is 24.7 Å². The lowest BCUT2D eigenvalue weighted by Crippen LogP contribution is -2.45. The molecule has 2 amide bonds. The first-order valence-corrected chi connectivity index (χ1v) is 13.7. The quantitative estimate of drug-likeness (QED) is 0.253. The van der Waals surface area contributed by atoms with E-state index in [2.05, 4.69) is 59.9 Å². The number of hydrogen-bond donors (Lipinski definition) is 2. The minimum atomic E-state index is -0.230. The Morgan fingerprint density at radius 3 is 2.70 bits per heavy atom. The fourth-order valence-electron chi connectivity index (χ4n) is 4.67. The van der Waals surface area contributed by atoms with E-state index in [1.807, 2.05) is 50.4 Å². The van der Waals surface area contributed by atoms with E-state index in [1.165, 1.54) is 0 Å². The van der Waals surface area contributed by atoms with Crippen molar-refractivity contribution in [2.24, 2.45) is 0 Å². The number of anilines is 3. The molecular weight excluding hydrogens is 583 g/mol. The van der Waals surface area contributed by atoms with Crippen LogP contribution in [-0.4, -0.2) is 62.4 Å². The predicted octanol–water partition coefficient (Wildman–Crippen LogP) is 3.93. The van der Waals surface area contributed by atoms with Crippen LogP contribution in [0.1, 0.15) is 30.9 Å². The molecule has 194 valence electrons. The average molecular weight is 614 g/mol. The van der Waals surface area contributed by atoms with E-state index in [1.54, 1.807) is 0 Å². The Kier molecular flexibility index (Phi) is 7.70. The Bertz CT molecular complexity index is 1270. The lowest BCUT2D eigenvalue weighted by atomic mass is 10.0. The molecule has 1 saturated heterocycles. The van der Waals surface area contributed by atoms with E-state index in [4.69, 9.17) is 14.7 Å². The van der Waals surface area contributed by atoms with Gasteiger partial charge in [-0.2, -0.15) is 0 Å². The molecule has 3 aromatic rings. The zero-order valence-corrected chi connectivity index (χ0v) is 23.4. The van der Waals surface area contributed by atoms with Gasteiger partial charge in [0.15, 0.2) is 5.82 Å². The summed E-state index contributed by atoms with van der Waals surface area (Å²) in [6, 6.07) is 9.61. The van der Waals surface area contributed by atoms with Crippen molar-refractivity contribution < 1.29 is 9.53 Å². The van der Waals surface area contributed by atoms with Gasteiger partial charge < -0.3 is 25.2 Å². The van der Waals surface area contributed by atoms with Crippen molar-refractivity contribution in [2.45, 2.75) is 43.8 Å². The Labute approximate surface area is 230 Å². The highest BCUT2D eigenvalue weighted by Gasteiger charge is 2.29. The van der Waals surface area contributed by atoms with E-state index >= 15 is 0 Å². The Morgan fingerprint density at radius 1 is 1.16 bits per heavy atom. The van der Waals surface area contributed by atoms with E-state index < -0.39 is 0 Å². The molecule has 5 rings (SSSR count). The van der Waals surface area contributed by atoms with Crippen molar-refractivity contribution in [1.29, 1.82) is 0 Å². The van der Waals surface area contributed by atoms with Crippen LogP contribution in [0.4, 0.5) is 22.1 Å². The maximum atomic E-state index is 12.1. The third-order valence-corrected chi connectivity index (χ3v) is 6.81. The summed E-state index contributed by atoms with van der Waals surface area (Å²) in [6.45, 7) is 9.64. The highest BCUT2D eigenvalue weighted by molar-refractivity contribution is 14.1. The van der Waals surface area contributed by atoms with Crippen LogP contribution >= 0.6 is 22.6 Å². The predicted molar refractivity (Wildman–Crippen MR) is 152 cm³/mol.